The molecule has 3 heteroatoms. The van der Waals surface area contributed by atoms with E-state index in [-0.39, 0.29) is 5.78 Å². The van der Waals surface area contributed by atoms with E-state index in [1.54, 1.807) is 13.2 Å². The van der Waals surface area contributed by atoms with Crippen molar-refractivity contribution >= 4 is 11.9 Å². The molecule has 1 heterocycles. The lowest BCUT2D eigenvalue weighted by Gasteiger charge is -2.20. The zero-order valence-corrected chi connectivity index (χ0v) is 11.3. The first-order chi connectivity index (χ1) is 9.28. The monoisotopic (exact) mass is 260 g/mol. The van der Waals surface area contributed by atoms with E-state index in [9.17, 15) is 4.79 Å². The summed E-state index contributed by atoms with van der Waals surface area (Å²) in [6, 6.07) is 7.67. The third-order valence-electron chi connectivity index (χ3n) is 3.41. The minimum absolute atomic E-state index is 0.197. The number of ether oxygens (including phenoxy) is 2. The van der Waals surface area contributed by atoms with Gasteiger partial charge in [0.1, 0.15) is 5.75 Å². The third kappa shape index (κ3) is 4.52. The van der Waals surface area contributed by atoms with Gasteiger partial charge >= 0.3 is 0 Å². The molecule has 1 saturated heterocycles. The number of ketones is 1. The first kappa shape index (κ1) is 13.8. The highest BCUT2D eigenvalue weighted by Crippen LogP contribution is 2.19. The lowest BCUT2D eigenvalue weighted by molar-refractivity contribution is -0.116. The zero-order chi connectivity index (χ0) is 13.5. The first-order valence-electron chi connectivity index (χ1n) is 6.70. The van der Waals surface area contributed by atoms with Gasteiger partial charge < -0.3 is 9.47 Å². The number of benzene rings is 1. The fourth-order valence-corrected chi connectivity index (χ4v) is 2.21. The Balaban J connectivity index is 1.84. The maximum atomic E-state index is 11.9. The molecule has 0 aliphatic carbocycles. The molecule has 0 radical (unpaired) electrons. The van der Waals surface area contributed by atoms with E-state index in [1.165, 1.54) is 0 Å². The van der Waals surface area contributed by atoms with Crippen LogP contribution in [0.15, 0.2) is 30.3 Å². The van der Waals surface area contributed by atoms with Crippen molar-refractivity contribution in [2.75, 3.05) is 20.3 Å². The molecule has 1 fully saturated rings. The summed E-state index contributed by atoms with van der Waals surface area (Å²) < 4.78 is 10.4. The Kier molecular flexibility index (Phi) is 5.16. The molecule has 0 saturated carbocycles. The second-order valence-corrected chi connectivity index (χ2v) is 4.83. The summed E-state index contributed by atoms with van der Waals surface area (Å²) in [7, 11) is 1.64. The normalized spacial score (nSPS) is 16.7. The SMILES string of the molecule is COc1ccc(/C=C/C(=O)CC2CCOCC2)cc1. The summed E-state index contributed by atoms with van der Waals surface area (Å²) in [6.45, 7) is 1.58. The van der Waals surface area contributed by atoms with Crippen LogP contribution in [-0.4, -0.2) is 26.1 Å². The van der Waals surface area contributed by atoms with Gasteiger partial charge in [0.15, 0.2) is 5.78 Å². The van der Waals surface area contributed by atoms with Crippen LogP contribution in [0.2, 0.25) is 0 Å². The highest BCUT2D eigenvalue weighted by Gasteiger charge is 2.15. The Morgan fingerprint density at radius 1 is 1.32 bits per heavy atom. The number of hydrogen-bond acceptors (Lipinski definition) is 3. The van der Waals surface area contributed by atoms with Crippen LogP contribution in [0.5, 0.6) is 5.75 Å². The summed E-state index contributed by atoms with van der Waals surface area (Å²) in [4.78, 5) is 11.9. The molecule has 1 aliphatic heterocycles. The van der Waals surface area contributed by atoms with Crippen LogP contribution in [0.1, 0.15) is 24.8 Å². The van der Waals surface area contributed by atoms with Crippen molar-refractivity contribution in [3.05, 3.63) is 35.9 Å². The van der Waals surface area contributed by atoms with E-state index in [1.807, 2.05) is 30.3 Å². The number of carbonyl (C=O) groups is 1. The number of rotatable bonds is 5. The highest BCUT2D eigenvalue weighted by atomic mass is 16.5. The van der Waals surface area contributed by atoms with Crippen LogP contribution in [0.25, 0.3) is 6.08 Å². The van der Waals surface area contributed by atoms with Gasteiger partial charge in [-0.15, -0.1) is 0 Å². The molecular formula is C16H20O3. The summed E-state index contributed by atoms with van der Waals surface area (Å²) in [5.74, 6) is 1.51. The fraction of sp³-hybridized carbons (Fsp3) is 0.438. The topological polar surface area (TPSA) is 35.5 Å². The number of allylic oxidation sites excluding steroid dienone is 1. The Hall–Kier alpha value is -1.61. The lowest BCUT2D eigenvalue weighted by atomic mass is 9.94. The minimum Gasteiger partial charge on any atom is -0.497 e. The van der Waals surface area contributed by atoms with Crippen molar-refractivity contribution in [1.82, 2.24) is 0 Å². The van der Waals surface area contributed by atoms with Crippen molar-refractivity contribution < 1.29 is 14.3 Å². The van der Waals surface area contributed by atoms with Gasteiger partial charge in [0, 0.05) is 19.6 Å². The third-order valence-corrected chi connectivity index (χ3v) is 3.41. The summed E-state index contributed by atoms with van der Waals surface area (Å²) >= 11 is 0. The van der Waals surface area contributed by atoms with Gasteiger partial charge in [-0.05, 0) is 42.5 Å². The van der Waals surface area contributed by atoms with Gasteiger partial charge in [-0.3, -0.25) is 4.79 Å². The van der Waals surface area contributed by atoms with Gasteiger partial charge in [-0.2, -0.15) is 0 Å². The van der Waals surface area contributed by atoms with E-state index in [2.05, 4.69) is 0 Å². The Morgan fingerprint density at radius 2 is 2.00 bits per heavy atom. The second-order valence-electron chi connectivity index (χ2n) is 4.83. The predicted molar refractivity (Wildman–Crippen MR) is 75.2 cm³/mol. The van der Waals surface area contributed by atoms with Crippen molar-refractivity contribution in [2.24, 2.45) is 5.92 Å². The molecule has 1 aromatic rings. The predicted octanol–water partition coefficient (Wildman–Crippen LogP) is 3.09. The minimum atomic E-state index is 0.197. The molecule has 19 heavy (non-hydrogen) atoms. The maximum absolute atomic E-state index is 11.9. The van der Waals surface area contributed by atoms with Gasteiger partial charge in [0.2, 0.25) is 0 Å². The van der Waals surface area contributed by atoms with Gasteiger partial charge in [-0.25, -0.2) is 0 Å². The molecule has 0 unspecified atom stereocenters. The van der Waals surface area contributed by atoms with E-state index < -0.39 is 0 Å². The van der Waals surface area contributed by atoms with Crippen LogP contribution >= 0.6 is 0 Å². The molecule has 2 rings (SSSR count). The van der Waals surface area contributed by atoms with E-state index in [4.69, 9.17) is 9.47 Å². The van der Waals surface area contributed by atoms with Crippen LogP contribution in [0.4, 0.5) is 0 Å². The van der Waals surface area contributed by atoms with Crippen molar-refractivity contribution in [3.8, 4) is 5.75 Å². The number of hydrogen-bond donors (Lipinski definition) is 0. The molecule has 102 valence electrons. The molecule has 1 aromatic carbocycles. The van der Waals surface area contributed by atoms with Gasteiger partial charge in [0.05, 0.1) is 7.11 Å². The van der Waals surface area contributed by atoms with E-state index in [0.29, 0.717) is 12.3 Å². The zero-order valence-electron chi connectivity index (χ0n) is 11.3. The van der Waals surface area contributed by atoms with Crippen LogP contribution in [0.3, 0.4) is 0 Å². The molecule has 0 atom stereocenters. The maximum Gasteiger partial charge on any atom is 0.155 e. The molecule has 0 amide bonds. The molecule has 0 N–H and O–H groups in total. The average Bonchev–Trinajstić information content (AvgIpc) is 2.47. The number of carbonyl (C=O) groups excluding carboxylic acids is 1. The summed E-state index contributed by atoms with van der Waals surface area (Å²) in [6.07, 6.45) is 6.18. The smallest absolute Gasteiger partial charge is 0.155 e. The van der Waals surface area contributed by atoms with Crippen molar-refractivity contribution in [3.63, 3.8) is 0 Å². The largest absolute Gasteiger partial charge is 0.497 e. The molecule has 0 aromatic heterocycles. The Bertz CT molecular complexity index is 428. The standard InChI is InChI=1S/C16H20O3/c1-18-16-6-3-13(4-7-16)2-5-15(17)12-14-8-10-19-11-9-14/h2-7,14H,8-12H2,1H3/b5-2+. The fourth-order valence-electron chi connectivity index (χ4n) is 2.21. The van der Waals surface area contributed by atoms with E-state index >= 15 is 0 Å². The molecule has 1 aliphatic rings. The van der Waals surface area contributed by atoms with Crippen molar-refractivity contribution in [1.29, 1.82) is 0 Å². The number of methoxy groups -OCH3 is 1. The Morgan fingerprint density at radius 3 is 2.63 bits per heavy atom. The summed E-state index contributed by atoms with van der Waals surface area (Å²) in [5, 5.41) is 0. The second kappa shape index (κ2) is 7.10. The van der Waals surface area contributed by atoms with Gasteiger partial charge in [-0.1, -0.05) is 18.2 Å². The lowest BCUT2D eigenvalue weighted by Crippen LogP contribution is -2.17. The van der Waals surface area contributed by atoms with Crippen LogP contribution < -0.4 is 4.74 Å². The quantitative estimate of drug-likeness (QED) is 0.763. The molecule has 0 bridgehead atoms. The Labute approximate surface area is 114 Å². The van der Waals surface area contributed by atoms with Crippen LogP contribution in [0, 0.1) is 5.92 Å². The average molecular weight is 260 g/mol. The molecular weight excluding hydrogens is 240 g/mol. The molecule has 0 spiro atoms. The summed E-state index contributed by atoms with van der Waals surface area (Å²) in [5.41, 5.74) is 1.01. The molecule has 3 nitrogen and oxygen atoms in total. The van der Waals surface area contributed by atoms with E-state index in [0.717, 1.165) is 37.4 Å². The van der Waals surface area contributed by atoms with Crippen LogP contribution in [-0.2, 0) is 9.53 Å². The van der Waals surface area contributed by atoms with Crippen molar-refractivity contribution in [2.45, 2.75) is 19.3 Å². The first-order valence-corrected chi connectivity index (χ1v) is 6.70. The van der Waals surface area contributed by atoms with Gasteiger partial charge in [0.25, 0.3) is 0 Å². The highest BCUT2D eigenvalue weighted by molar-refractivity contribution is 5.93.